The third kappa shape index (κ3) is 3.11. The van der Waals surface area contributed by atoms with Crippen molar-refractivity contribution in [2.24, 2.45) is 0 Å². The Morgan fingerprint density at radius 3 is 2.67 bits per heavy atom. The van der Waals surface area contributed by atoms with Gasteiger partial charge in [0.2, 0.25) is 5.91 Å². The van der Waals surface area contributed by atoms with Crippen LogP contribution in [-0.4, -0.2) is 39.0 Å². The summed E-state index contributed by atoms with van der Waals surface area (Å²) in [5, 5.41) is 17.4. The van der Waals surface area contributed by atoms with Gasteiger partial charge in [-0.1, -0.05) is 23.3 Å². The minimum atomic E-state index is -0.430. The van der Waals surface area contributed by atoms with Crippen LogP contribution in [0.2, 0.25) is 0 Å². The van der Waals surface area contributed by atoms with Crippen LogP contribution in [0.3, 0.4) is 0 Å². The van der Waals surface area contributed by atoms with Crippen LogP contribution in [0.4, 0.5) is 5.95 Å². The lowest BCUT2D eigenvalue weighted by Crippen LogP contribution is -2.33. The van der Waals surface area contributed by atoms with Crippen LogP contribution in [0.25, 0.3) is 0 Å². The Morgan fingerprint density at radius 2 is 2.00 bits per heavy atom. The molecule has 0 saturated carbocycles. The second-order valence-corrected chi connectivity index (χ2v) is 3.33. The predicted octanol–water partition coefficient (Wildman–Crippen LogP) is -0.432. The van der Waals surface area contributed by atoms with Crippen LogP contribution < -0.4 is 10.6 Å². The van der Waals surface area contributed by atoms with Crippen LogP contribution in [0.1, 0.15) is 10.4 Å². The number of H-pyrrole nitrogens is 1. The molecule has 0 saturated heterocycles. The second-order valence-electron chi connectivity index (χ2n) is 3.33. The van der Waals surface area contributed by atoms with E-state index in [1.54, 1.807) is 30.3 Å². The number of amides is 2. The van der Waals surface area contributed by atoms with Crippen LogP contribution in [0, 0.1) is 0 Å². The number of aromatic amines is 1. The molecular formula is C10H10N6O2. The maximum absolute atomic E-state index is 11.6. The summed E-state index contributed by atoms with van der Waals surface area (Å²) in [5.74, 6) is -0.687. The van der Waals surface area contributed by atoms with Gasteiger partial charge in [0, 0.05) is 5.56 Å². The topological polar surface area (TPSA) is 113 Å². The van der Waals surface area contributed by atoms with Crippen molar-refractivity contribution in [3.63, 3.8) is 0 Å². The molecule has 8 nitrogen and oxygen atoms in total. The molecule has 0 aliphatic heterocycles. The molecule has 0 unspecified atom stereocenters. The van der Waals surface area contributed by atoms with Crippen molar-refractivity contribution in [2.75, 3.05) is 11.9 Å². The molecule has 0 radical (unpaired) electrons. The van der Waals surface area contributed by atoms with Gasteiger partial charge in [-0.3, -0.25) is 14.9 Å². The number of hydrogen-bond donors (Lipinski definition) is 3. The number of hydrogen-bond acceptors (Lipinski definition) is 5. The van der Waals surface area contributed by atoms with Crippen molar-refractivity contribution in [3.05, 3.63) is 35.9 Å². The first-order chi connectivity index (χ1) is 8.75. The van der Waals surface area contributed by atoms with Gasteiger partial charge in [-0.2, -0.15) is 5.21 Å². The van der Waals surface area contributed by atoms with Gasteiger partial charge in [0.1, 0.15) is 0 Å². The summed E-state index contributed by atoms with van der Waals surface area (Å²) in [6, 6.07) is 8.61. The lowest BCUT2D eigenvalue weighted by Gasteiger charge is -2.04. The number of benzene rings is 1. The van der Waals surface area contributed by atoms with E-state index in [4.69, 9.17) is 0 Å². The van der Waals surface area contributed by atoms with Crippen LogP contribution in [0.15, 0.2) is 30.3 Å². The number of carbonyl (C=O) groups is 2. The van der Waals surface area contributed by atoms with Crippen LogP contribution in [0.5, 0.6) is 0 Å². The van der Waals surface area contributed by atoms with Gasteiger partial charge < -0.3 is 5.32 Å². The number of tetrazole rings is 1. The second kappa shape index (κ2) is 5.53. The smallest absolute Gasteiger partial charge is 0.269 e. The molecule has 0 aliphatic rings. The van der Waals surface area contributed by atoms with Gasteiger partial charge >= 0.3 is 0 Å². The number of nitrogens with zero attached hydrogens (tertiary/aromatic N) is 3. The minimum Gasteiger partial charge on any atom is -0.343 e. The standard InChI is InChI=1S/C10H10N6O2/c17-8(12-10-13-15-16-14-10)6-11-9(18)7-4-2-1-3-5-7/h1-5H,6H2,(H,11,18)(H2,12,13,14,15,16,17). The molecule has 1 heterocycles. The summed E-state index contributed by atoms with van der Waals surface area (Å²) < 4.78 is 0. The molecule has 92 valence electrons. The summed E-state index contributed by atoms with van der Waals surface area (Å²) in [6.45, 7) is -0.164. The van der Waals surface area contributed by atoms with E-state index in [0.29, 0.717) is 5.56 Å². The highest BCUT2D eigenvalue weighted by atomic mass is 16.2. The lowest BCUT2D eigenvalue weighted by atomic mass is 10.2. The Morgan fingerprint density at radius 1 is 1.22 bits per heavy atom. The first-order valence-corrected chi connectivity index (χ1v) is 5.12. The molecule has 8 heteroatoms. The number of rotatable bonds is 4. The fourth-order valence-corrected chi connectivity index (χ4v) is 1.24. The zero-order valence-corrected chi connectivity index (χ0v) is 9.25. The Balaban J connectivity index is 1.81. The van der Waals surface area contributed by atoms with Gasteiger partial charge in [0.25, 0.3) is 11.9 Å². The molecule has 0 fully saturated rings. The number of anilines is 1. The van der Waals surface area contributed by atoms with Crippen molar-refractivity contribution in [1.82, 2.24) is 25.9 Å². The molecule has 2 amide bonds. The highest BCUT2D eigenvalue weighted by Gasteiger charge is 2.08. The van der Waals surface area contributed by atoms with Crippen LogP contribution >= 0.6 is 0 Å². The van der Waals surface area contributed by atoms with Gasteiger partial charge in [-0.15, -0.1) is 5.10 Å². The zero-order valence-electron chi connectivity index (χ0n) is 9.25. The monoisotopic (exact) mass is 246 g/mol. The van der Waals surface area contributed by atoms with E-state index in [0.717, 1.165) is 0 Å². The Labute approximate surface area is 102 Å². The summed E-state index contributed by atoms with van der Waals surface area (Å²) >= 11 is 0. The number of aromatic nitrogens is 4. The highest BCUT2D eigenvalue weighted by Crippen LogP contribution is 1.97. The van der Waals surface area contributed by atoms with Crippen molar-refractivity contribution in [1.29, 1.82) is 0 Å². The van der Waals surface area contributed by atoms with Gasteiger partial charge in [0.05, 0.1) is 6.54 Å². The zero-order chi connectivity index (χ0) is 12.8. The van der Waals surface area contributed by atoms with Crippen LogP contribution in [-0.2, 0) is 4.79 Å². The fourth-order valence-electron chi connectivity index (χ4n) is 1.24. The van der Waals surface area contributed by atoms with Gasteiger partial charge in [-0.25, -0.2) is 0 Å². The lowest BCUT2D eigenvalue weighted by molar-refractivity contribution is -0.115. The quantitative estimate of drug-likeness (QED) is 0.677. The summed E-state index contributed by atoms with van der Waals surface area (Å²) in [7, 11) is 0. The van der Waals surface area contributed by atoms with E-state index in [-0.39, 0.29) is 18.4 Å². The van der Waals surface area contributed by atoms with Crippen molar-refractivity contribution < 1.29 is 9.59 Å². The number of nitrogens with one attached hydrogen (secondary N) is 3. The molecule has 0 spiro atoms. The normalized spacial score (nSPS) is 9.78. The molecule has 2 rings (SSSR count). The highest BCUT2D eigenvalue weighted by molar-refractivity contribution is 5.98. The fraction of sp³-hybridized carbons (Fsp3) is 0.100. The number of carbonyl (C=O) groups excluding carboxylic acids is 2. The molecule has 0 aliphatic carbocycles. The third-order valence-electron chi connectivity index (χ3n) is 2.04. The first kappa shape index (κ1) is 11.7. The Hall–Kier alpha value is -2.77. The first-order valence-electron chi connectivity index (χ1n) is 5.12. The van der Waals surface area contributed by atoms with E-state index in [1.807, 2.05) is 0 Å². The maximum Gasteiger partial charge on any atom is 0.269 e. The van der Waals surface area contributed by atoms with E-state index >= 15 is 0 Å². The SMILES string of the molecule is O=C(CNC(=O)c1ccccc1)Nc1nn[nH]n1. The maximum atomic E-state index is 11.6. The minimum absolute atomic E-state index is 0.0639. The summed E-state index contributed by atoms with van der Waals surface area (Å²) in [5.41, 5.74) is 0.491. The Kier molecular flexibility index (Phi) is 3.59. The average molecular weight is 246 g/mol. The van der Waals surface area contributed by atoms with E-state index in [2.05, 4.69) is 31.3 Å². The van der Waals surface area contributed by atoms with E-state index in [1.165, 1.54) is 0 Å². The molecule has 0 bridgehead atoms. The summed E-state index contributed by atoms with van der Waals surface area (Å²) in [4.78, 5) is 23.0. The molecule has 18 heavy (non-hydrogen) atoms. The molecule has 3 N–H and O–H groups in total. The molecule has 1 aromatic heterocycles. The average Bonchev–Trinajstić information content (AvgIpc) is 2.90. The third-order valence-corrected chi connectivity index (χ3v) is 2.04. The van der Waals surface area contributed by atoms with Crippen molar-refractivity contribution >= 4 is 17.8 Å². The van der Waals surface area contributed by atoms with Gasteiger partial charge in [-0.05, 0) is 17.3 Å². The summed E-state index contributed by atoms with van der Waals surface area (Å²) in [6.07, 6.45) is 0. The van der Waals surface area contributed by atoms with Gasteiger partial charge in [0.15, 0.2) is 0 Å². The van der Waals surface area contributed by atoms with Crippen molar-refractivity contribution in [2.45, 2.75) is 0 Å². The predicted molar refractivity (Wildman–Crippen MR) is 61.6 cm³/mol. The molecule has 0 atom stereocenters. The molecule has 2 aromatic rings. The van der Waals surface area contributed by atoms with E-state index < -0.39 is 5.91 Å². The Bertz CT molecular complexity index is 525. The molecule has 1 aromatic carbocycles. The van der Waals surface area contributed by atoms with Crippen molar-refractivity contribution in [3.8, 4) is 0 Å². The molecular weight excluding hydrogens is 236 g/mol. The van der Waals surface area contributed by atoms with E-state index in [9.17, 15) is 9.59 Å². The largest absolute Gasteiger partial charge is 0.343 e.